The van der Waals surface area contributed by atoms with E-state index in [0.29, 0.717) is 24.0 Å². The Hall–Kier alpha value is -2.94. The third-order valence-corrected chi connectivity index (χ3v) is 5.50. The van der Waals surface area contributed by atoms with Gasteiger partial charge in [0.15, 0.2) is 0 Å². The van der Waals surface area contributed by atoms with Crippen LogP contribution in [0.5, 0.6) is 5.88 Å². The van der Waals surface area contributed by atoms with Crippen LogP contribution in [0.15, 0.2) is 24.9 Å². The highest BCUT2D eigenvalue weighted by atomic mass is 32.1. The molecule has 28 heavy (non-hydrogen) atoms. The molecule has 146 valence electrons. The molecule has 0 radical (unpaired) electrons. The molecular weight excluding hydrogens is 376 g/mol. The summed E-state index contributed by atoms with van der Waals surface area (Å²) in [5, 5.41) is 4.92. The predicted molar refractivity (Wildman–Crippen MR) is 109 cm³/mol. The first-order valence-electron chi connectivity index (χ1n) is 9.17. The number of amides is 1. The Labute approximate surface area is 166 Å². The van der Waals surface area contributed by atoms with Crippen LogP contribution in [-0.4, -0.2) is 49.3 Å². The van der Waals surface area contributed by atoms with Crippen LogP contribution in [0.3, 0.4) is 0 Å². The number of hydrogen-bond donors (Lipinski definition) is 2. The average molecular weight is 398 g/mol. The monoisotopic (exact) mass is 398 g/mol. The number of likely N-dealkylation sites (tertiary alicyclic amines) is 1. The molecule has 0 bridgehead atoms. The number of nitrogens with zero attached hydrogens (tertiary/aromatic N) is 4. The topological polar surface area (TPSA) is 96.0 Å². The van der Waals surface area contributed by atoms with Crippen LogP contribution in [-0.2, 0) is 4.79 Å². The van der Waals surface area contributed by atoms with Gasteiger partial charge in [0.05, 0.1) is 17.6 Å². The lowest BCUT2D eigenvalue weighted by atomic mass is 10.1. The summed E-state index contributed by atoms with van der Waals surface area (Å²) >= 11 is 1.36. The fourth-order valence-corrected chi connectivity index (χ4v) is 4.00. The molecule has 1 atom stereocenters. The highest BCUT2D eigenvalue weighted by Crippen LogP contribution is 2.30. The maximum atomic E-state index is 12.0. The van der Waals surface area contributed by atoms with Gasteiger partial charge in [-0.15, -0.1) is 0 Å². The highest BCUT2D eigenvalue weighted by molar-refractivity contribution is 7.10. The van der Waals surface area contributed by atoms with E-state index in [9.17, 15) is 4.79 Å². The average Bonchev–Trinajstić information content (AvgIpc) is 3.27. The summed E-state index contributed by atoms with van der Waals surface area (Å²) in [6, 6.07) is 1.94. The van der Waals surface area contributed by atoms with E-state index in [1.165, 1.54) is 17.6 Å². The first kappa shape index (κ1) is 18.4. The molecule has 9 heteroatoms. The number of ether oxygens (including phenoxy) is 1. The smallest absolute Gasteiger partial charge is 0.246 e. The molecule has 0 spiro atoms. The van der Waals surface area contributed by atoms with Crippen molar-refractivity contribution >= 4 is 39.4 Å². The summed E-state index contributed by atoms with van der Waals surface area (Å²) < 4.78 is 10.5. The van der Waals surface area contributed by atoms with Crippen molar-refractivity contribution in [1.82, 2.24) is 24.2 Å². The molecule has 4 heterocycles. The van der Waals surface area contributed by atoms with E-state index in [1.807, 2.05) is 26.1 Å². The number of carbonyl (C=O) groups is 1. The van der Waals surface area contributed by atoms with Gasteiger partial charge in [-0.05, 0) is 55.9 Å². The SMILES string of the molecule is C=CC(=O)N1CCC[C@@H](Oc2nc(Nc3cc(C)ns3)nc3[nH]cc(C)c23)C1. The number of fused-ring (bicyclic) bond motifs is 1. The number of nitrogens with one attached hydrogen (secondary N) is 2. The van der Waals surface area contributed by atoms with Gasteiger partial charge < -0.3 is 19.9 Å². The summed E-state index contributed by atoms with van der Waals surface area (Å²) in [5.74, 6) is 0.898. The van der Waals surface area contributed by atoms with Gasteiger partial charge in [-0.3, -0.25) is 4.79 Å². The van der Waals surface area contributed by atoms with Crippen LogP contribution >= 0.6 is 11.5 Å². The maximum absolute atomic E-state index is 12.0. The number of anilines is 2. The molecule has 8 nitrogen and oxygen atoms in total. The third-order valence-electron chi connectivity index (χ3n) is 4.70. The maximum Gasteiger partial charge on any atom is 0.246 e. The van der Waals surface area contributed by atoms with Crippen molar-refractivity contribution in [3.8, 4) is 5.88 Å². The summed E-state index contributed by atoms with van der Waals surface area (Å²) in [5.41, 5.74) is 2.66. The van der Waals surface area contributed by atoms with Gasteiger partial charge in [0.2, 0.25) is 17.7 Å². The first-order chi connectivity index (χ1) is 13.5. The van der Waals surface area contributed by atoms with Crippen molar-refractivity contribution in [3.63, 3.8) is 0 Å². The molecule has 1 aliphatic heterocycles. The van der Waals surface area contributed by atoms with Crippen LogP contribution in [0, 0.1) is 13.8 Å². The van der Waals surface area contributed by atoms with Gasteiger partial charge in [0.25, 0.3) is 0 Å². The molecule has 3 aromatic rings. The largest absolute Gasteiger partial charge is 0.472 e. The zero-order valence-electron chi connectivity index (χ0n) is 15.9. The van der Waals surface area contributed by atoms with Crippen molar-refractivity contribution in [3.05, 3.63) is 36.2 Å². The van der Waals surface area contributed by atoms with Crippen LogP contribution in [0.1, 0.15) is 24.1 Å². The van der Waals surface area contributed by atoms with Gasteiger partial charge >= 0.3 is 0 Å². The molecule has 0 unspecified atom stereocenters. The molecule has 1 aliphatic rings. The molecule has 4 rings (SSSR count). The Morgan fingerprint density at radius 3 is 3.07 bits per heavy atom. The van der Waals surface area contributed by atoms with Gasteiger partial charge in [-0.25, -0.2) is 0 Å². The molecular formula is C19H22N6O2S. The van der Waals surface area contributed by atoms with E-state index in [4.69, 9.17) is 4.74 Å². The number of carbonyl (C=O) groups excluding carboxylic acids is 1. The minimum Gasteiger partial charge on any atom is -0.472 e. The van der Waals surface area contributed by atoms with E-state index in [0.717, 1.165) is 41.0 Å². The molecule has 0 aromatic carbocycles. The van der Waals surface area contributed by atoms with E-state index in [1.54, 1.807) is 4.90 Å². The van der Waals surface area contributed by atoms with Crippen LogP contribution in [0.2, 0.25) is 0 Å². The third kappa shape index (κ3) is 3.70. The summed E-state index contributed by atoms with van der Waals surface area (Å²) in [4.78, 5) is 26.1. The minimum atomic E-state index is -0.122. The standard InChI is InChI=1S/C19H22N6O2S/c1-4-15(26)25-7-5-6-13(10-25)27-18-16-11(2)9-20-17(16)22-19(23-18)21-14-8-12(3)24-28-14/h4,8-9,13H,1,5-7,10H2,2-3H3,(H2,20,21,22,23)/t13-/m1/s1. The second-order valence-corrected chi connectivity index (χ2v) is 7.68. The zero-order chi connectivity index (χ0) is 19.7. The van der Waals surface area contributed by atoms with Crippen molar-refractivity contribution in [2.24, 2.45) is 0 Å². The summed E-state index contributed by atoms with van der Waals surface area (Å²) in [7, 11) is 0. The molecule has 1 fully saturated rings. The summed E-state index contributed by atoms with van der Waals surface area (Å²) in [6.45, 7) is 8.75. The molecule has 1 amide bonds. The van der Waals surface area contributed by atoms with Gasteiger partial charge in [-0.1, -0.05) is 6.58 Å². The second-order valence-electron chi connectivity index (χ2n) is 6.88. The Morgan fingerprint density at radius 1 is 1.46 bits per heavy atom. The number of piperidine rings is 1. The molecule has 1 saturated heterocycles. The fraction of sp³-hybridized carbons (Fsp3) is 0.368. The highest BCUT2D eigenvalue weighted by Gasteiger charge is 2.25. The lowest BCUT2D eigenvalue weighted by Gasteiger charge is -2.32. The molecule has 0 saturated carbocycles. The number of rotatable bonds is 5. The normalized spacial score (nSPS) is 16.9. The first-order valence-corrected chi connectivity index (χ1v) is 9.95. The number of aromatic nitrogens is 4. The minimum absolute atomic E-state index is 0.0677. The van der Waals surface area contributed by atoms with E-state index >= 15 is 0 Å². The molecule has 3 aromatic heterocycles. The van der Waals surface area contributed by atoms with Crippen molar-refractivity contribution in [2.45, 2.75) is 32.8 Å². The number of aryl methyl sites for hydroxylation is 2. The quantitative estimate of drug-likeness (QED) is 0.640. The fourth-order valence-electron chi connectivity index (χ4n) is 3.34. The number of aromatic amines is 1. The van der Waals surface area contributed by atoms with Crippen molar-refractivity contribution < 1.29 is 9.53 Å². The van der Waals surface area contributed by atoms with Gasteiger partial charge in [-0.2, -0.15) is 14.3 Å². The number of hydrogen-bond acceptors (Lipinski definition) is 7. The van der Waals surface area contributed by atoms with Gasteiger partial charge in [0.1, 0.15) is 16.8 Å². The van der Waals surface area contributed by atoms with E-state index in [-0.39, 0.29) is 12.0 Å². The van der Waals surface area contributed by atoms with E-state index in [2.05, 4.69) is 31.2 Å². The van der Waals surface area contributed by atoms with Crippen molar-refractivity contribution in [2.75, 3.05) is 18.4 Å². The van der Waals surface area contributed by atoms with Crippen LogP contribution in [0.25, 0.3) is 11.0 Å². The second kappa shape index (κ2) is 7.59. The number of H-pyrrole nitrogens is 1. The van der Waals surface area contributed by atoms with E-state index < -0.39 is 0 Å². The Balaban J connectivity index is 1.62. The molecule has 0 aliphatic carbocycles. The molecule has 2 N–H and O–H groups in total. The Kier molecular flexibility index (Phi) is 4.99. The van der Waals surface area contributed by atoms with Crippen LogP contribution < -0.4 is 10.1 Å². The van der Waals surface area contributed by atoms with Gasteiger partial charge in [0, 0.05) is 12.7 Å². The van der Waals surface area contributed by atoms with Crippen LogP contribution in [0.4, 0.5) is 10.9 Å². The Bertz CT molecular complexity index is 1030. The Morgan fingerprint density at radius 2 is 2.32 bits per heavy atom. The van der Waals surface area contributed by atoms with Crippen molar-refractivity contribution in [1.29, 1.82) is 0 Å². The predicted octanol–water partition coefficient (Wildman–Crippen LogP) is 3.33. The lowest BCUT2D eigenvalue weighted by molar-refractivity contribution is -0.128. The lowest BCUT2D eigenvalue weighted by Crippen LogP contribution is -2.43. The summed E-state index contributed by atoms with van der Waals surface area (Å²) in [6.07, 6.45) is 4.87. The zero-order valence-corrected chi connectivity index (χ0v) is 16.7.